The fourth-order valence-electron chi connectivity index (χ4n) is 4.77. The van der Waals surface area contributed by atoms with Gasteiger partial charge in [0.25, 0.3) is 0 Å². The van der Waals surface area contributed by atoms with Crippen LogP contribution in [0, 0.1) is 23.2 Å². The lowest BCUT2D eigenvalue weighted by atomic mass is 9.60. The first-order valence-electron chi connectivity index (χ1n) is 8.47. The summed E-state index contributed by atoms with van der Waals surface area (Å²) >= 11 is 0. The van der Waals surface area contributed by atoms with Crippen molar-refractivity contribution in [3.8, 4) is 0 Å². The van der Waals surface area contributed by atoms with E-state index in [-0.39, 0.29) is 11.3 Å². The van der Waals surface area contributed by atoms with Crippen molar-refractivity contribution in [1.29, 1.82) is 0 Å². The average molecular weight is 300 g/mol. The van der Waals surface area contributed by atoms with Crippen molar-refractivity contribution < 1.29 is 10.2 Å². The summed E-state index contributed by atoms with van der Waals surface area (Å²) in [7, 11) is 0. The molecule has 0 aromatic heterocycles. The Balaban J connectivity index is 2.10. The van der Waals surface area contributed by atoms with Crippen molar-refractivity contribution in [3.05, 3.63) is 48.1 Å². The number of aliphatic hydroxyl groups is 2. The largest absolute Gasteiger partial charge is 0.389 e. The van der Waals surface area contributed by atoms with Gasteiger partial charge in [-0.2, -0.15) is 0 Å². The second kappa shape index (κ2) is 5.50. The van der Waals surface area contributed by atoms with E-state index in [4.69, 9.17) is 0 Å². The fourth-order valence-corrected chi connectivity index (χ4v) is 4.77. The van der Waals surface area contributed by atoms with Gasteiger partial charge < -0.3 is 10.2 Å². The summed E-state index contributed by atoms with van der Waals surface area (Å²) in [6.07, 6.45) is 8.83. The molecule has 2 saturated carbocycles. The van der Waals surface area contributed by atoms with Crippen LogP contribution in [0.25, 0.3) is 0 Å². The highest BCUT2D eigenvalue weighted by Gasteiger charge is 2.57. The highest BCUT2D eigenvalue weighted by Crippen LogP contribution is 2.59. The maximum atomic E-state index is 10.8. The van der Waals surface area contributed by atoms with Gasteiger partial charge in [0.15, 0.2) is 0 Å². The van der Waals surface area contributed by atoms with E-state index in [9.17, 15) is 10.2 Å². The Morgan fingerprint density at radius 2 is 1.95 bits per heavy atom. The molecule has 120 valence electrons. The van der Waals surface area contributed by atoms with Crippen LogP contribution in [0.1, 0.15) is 39.5 Å². The van der Waals surface area contributed by atoms with E-state index in [1.165, 1.54) is 0 Å². The van der Waals surface area contributed by atoms with E-state index in [0.29, 0.717) is 11.8 Å². The molecule has 0 unspecified atom stereocenters. The Kier molecular flexibility index (Phi) is 3.94. The van der Waals surface area contributed by atoms with Gasteiger partial charge in [0, 0.05) is 5.41 Å². The van der Waals surface area contributed by atoms with Crippen molar-refractivity contribution in [3.63, 3.8) is 0 Å². The van der Waals surface area contributed by atoms with Crippen molar-refractivity contribution >= 4 is 0 Å². The molecular weight excluding hydrogens is 272 g/mol. The van der Waals surface area contributed by atoms with Crippen molar-refractivity contribution in [2.24, 2.45) is 23.2 Å². The van der Waals surface area contributed by atoms with E-state index in [0.717, 1.165) is 42.4 Å². The van der Waals surface area contributed by atoms with Crippen LogP contribution in [-0.2, 0) is 0 Å². The second-order valence-electron chi connectivity index (χ2n) is 7.76. The first-order valence-corrected chi connectivity index (χ1v) is 8.47. The Labute approximate surface area is 133 Å². The molecule has 0 aliphatic heterocycles. The van der Waals surface area contributed by atoms with Gasteiger partial charge in [-0.15, -0.1) is 0 Å². The lowest BCUT2D eigenvalue weighted by Crippen LogP contribution is -2.51. The summed E-state index contributed by atoms with van der Waals surface area (Å²) in [5.41, 5.74) is 2.73. The Hall–Kier alpha value is -1.12. The molecule has 0 radical (unpaired) electrons. The van der Waals surface area contributed by atoms with Crippen LogP contribution in [0.2, 0.25) is 0 Å². The van der Waals surface area contributed by atoms with Gasteiger partial charge in [-0.1, -0.05) is 50.8 Å². The monoisotopic (exact) mass is 300 g/mol. The molecule has 22 heavy (non-hydrogen) atoms. The lowest BCUT2D eigenvalue weighted by molar-refractivity contribution is -0.0697. The molecule has 0 saturated heterocycles. The number of aliphatic hydroxyl groups excluding tert-OH is 2. The SMILES string of the molecule is C=C1C2=CC[C@@H](C)CC=CC(=C)[C@@H]3CC[C@@](C)([C@H]13)[C@@H](O)[C@@H]2O. The van der Waals surface area contributed by atoms with Crippen LogP contribution < -0.4 is 0 Å². The molecule has 2 N–H and O–H groups in total. The third kappa shape index (κ3) is 2.24. The minimum atomic E-state index is -0.804. The van der Waals surface area contributed by atoms with Gasteiger partial charge in [-0.3, -0.25) is 0 Å². The Morgan fingerprint density at radius 1 is 1.23 bits per heavy atom. The van der Waals surface area contributed by atoms with E-state index < -0.39 is 12.2 Å². The lowest BCUT2D eigenvalue weighted by Gasteiger charge is -2.47. The molecular formula is C20H28O2. The molecule has 0 aromatic carbocycles. The summed E-state index contributed by atoms with van der Waals surface area (Å²) in [6.45, 7) is 12.9. The van der Waals surface area contributed by atoms with E-state index >= 15 is 0 Å². The normalized spacial score (nSPS) is 45.5. The first kappa shape index (κ1) is 15.8. The first-order chi connectivity index (χ1) is 10.4. The zero-order valence-electron chi connectivity index (χ0n) is 13.8. The molecule has 3 aliphatic carbocycles. The number of hydrogen-bond donors (Lipinski definition) is 2. The van der Waals surface area contributed by atoms with Gasteiger partial charge in [0.05, 0.1) is 6.10 Å². The molecule has 3 aliphatic rings. The topological polar surface area (TPSA) is 40.5 Å². The molecule has 0 aromatic rings. The third-order valence-electron chi connectivity index (χ3n) is 6.23. The average Bonchev–Trinajstić information content (AvgIpc) is 2.83. The quantitative estimate of drug-likeness (QED) is 0.715. The predicted octanol–water partition coefficient (Wildman–Crippen LogP) is 3.78. The Bertz CT molecular complexity index is 556. The molecule has 0 heterocycles. The van der Waals surface area contributed by atoms with Crippen LogP contribution in [-0.4, -0.2) is 22.4 Å². The van der Waals surface area contributed by atoms with Gasteiger partial charge in [0.2, 0.25) is 0 Å². The second-order valence-corrected chi connectivity index (χ2v) is 7.76. The predicted molar refractivity (Wildman–Crippen MR) is 90.2 cm³/mol. The van der Waals surface area contributed by atoms with Crippen LogP contribution in [0.3, 0.4) is 0 Å². The van der Waals surface area contributed by atoms with Crippen LogP contribution in [0.15, 0.2) is 48.1 Å². The standard InChI is InChI=1S/C20H28O2/c1-12-6-5-7-13(2)15-10-11-20(4)17(15)14(3)16(9-8-12)18(21)19(20)22/h5,7,9,12,15,17-19,21-22H,2-3,6,8,10-11H2,1,4H3/t12-,15-,17+,18+,19-,20-/m0/s1. The van der Waals surface area contributed by atoms with Crippen molar-refractivity contribution in [1.82, 2.24) is 0 Å². The number of allylic oxidation sites excluding steroid dienone is 4. The van der Waals surface area contributed by atoms with Gasteiger partial charge in [-0.05, 0) is 54.6 Å². The minimum Gasteiger partial charge on any atom is -0.389 e. The summed E-state index contributed by atoms with van der Waals surface area (Å²) < 4.78 is 0. The summed E-state index contributed by atoms with van der Waals surface area (Å²) in [6, 6.07) is 0. The van der Waals surface area contributed by atoms with Crippen molar-refractivity contribution in [2.45, 2.75) is 51.7 Å². The summed E-state index contributed by atoms with van der Waals surface area (Å²) in [4.78, 5) is 0. The molecule has 2 heteroatoms. The van der Waals surface area contributed by atoms with Gasteiger partial charge >= 0.3 is 0 Å². The molecule has 2 bridgehead atoms. The number of rotatable bonds is 0. The fraction of sp³-hybridized carbons (Fsp3) is 0.600. The van der Waals surface area contributed by atoms with E-state index in [2.05, 4.69) is 45.2 Å². The molecule has 6 atom stereocenters. The highest BCUT2D eigenvalue weighted by molar-refractivity contribution is 5.44. The number of fused-ring (bicyclic) bond motifs is 1. The van der Waals surface area contributed by atoms with Crippen molar-refractivity contribution in [2.75, 3.05) is 0 Å². The van der Waals surface area contributed by atoms with Crippen LogP contribution >= 0.6 is 0 Å². The molecule has 0 spiro atoms. The van der Waals surface area contributed by atoms with Crippen LogP contribution in [0.5, 0.6) is 0 Å². The van der Waals surface area contributed by atoms with Gasteiger partial charge in [-0.25, -0.2) is 0 Å². The van der Waals surface area contributed by atoms with E-state index in [1.807, 2.05) is 0 Å². The maximum absolute atomic E-state index is 10.8. The van der Waals surface area contributed by atoms with E-state index in [1.54, 1.807) is 0 Å². The minimum absolute atomic E-state index is 0.183. The molecule has 0 amide bonds. The maximum Gasteiger partial charge on any atom is 0.105 e. The highest BCUT2D eigenvalue weighted by atomic mass is 16.3. The summed E-state index contributed by atoms with van der Waals surface area (Å²) in [5.74, 6) is 1.02. The molecule has 2 nitrogen and oxygen atoms in total. The third-order valence-corrected chi connectivity index (χ3v) is 6.23. The zero-order valence-corrected chi connectivity index (χ0v) is 13.8. The molecule has 2 fully saturated rings. The zero-order chi connectivity index (χ0) is 16.1. The van der Waals surface area contributed by atoms with Crippen LogP contribution in [0.4, 0.5) is 0 Å². The number of hydrogen-bond acceptors (Lipinski definition) is 2. The smallest absolute Gasteiger partial charge is 0.105 e. The molecule has 3 rings (SSSR count). The van der Waals surface area contributed by atoms with Gasteiger partial charge in [0.1, 0.15) is 6.10 Å². The summed E-state index contributed by atoms with van der Waals surface area (Å²) in [5, 5.41) is 21.4. The Morgan fingerprint density at radius 3 is 2.68 bits per heavy atom.